The van der Waals surface area contributed by atoms with Gasteiger partial charge in [0.1, 0.15) is 5.60 Å². The zero-order chi connectivity index (χ0) is 14.7. The van der Waals surface area contributed by atoms with Gasteiger partial charge in [-0.1, -0.05) is 12.1 Å². The maximum Gasteiger partial charge on any atom is 0.228 e. The summed E-state index contributed by atoms with van der Waals surface area (Å²) in [6, 6.07) is 0.261. The molecule has 2 fully saturated rings. The van der Waals surface area contributed by atoms with E-state index in [2.05, 4.69) is 22.4 Å². The van der Waals surface area contributed by atoms with Crippen molar-refractivity contribution in [1.82, 2.24) is 15.5 Å². The Bertz CT molecular complexity index is 449. The number of hydrogen-bond donors (Lipinski definition) is 1. The SMILES string of the molecule is COC1(c2noc(CC3COCCN3)n2)CCC(C)CC1. The maximum absolute atomic E-state index is 5.79. The lowest BCUT2D eigenvalue weighted by Crippen LogP contribution is -2.42. The second-order valence-electron chi connectivity index (χ2n) is 6.32. The van der Waals surface area contributed by atoms with Crippen molar-refractivity contribution in [3.05, 3.63) is 11.7 Å². The molecule has 6 heteroatoms. The Morgan fingerprint density at radius 1 is 1.38 bits per heavy atom. The molecular weight excluding hydrogens is 270 g/mol. The molecule has 0 aromatic carbocycles. The summed E-state index contributed by atoms with van der Waals surface area (Å²) < 4.78 is 16.7. The van der Waals surface area contributed by atoms with Gasteiger partial charge in [0.25, 0.3) is 0 Å². The summed E-state index contributed by atoms with van der Waals surface area (Å²) in [5, 5.41) is 7.60. The topological polar surface area (TPSA) is 69.4 Å². The Morgan fingerprint density at radius 3 is 2.86 bits per heavy atom. The summed E-state index contributed by atoms with van der Waals surface area (Å²) in [5.74, 6) is 2.13. The molecule has 1 aliphatic heterocycles. The average Bonchev–Trinajstić information content (AvgIpc) is 2.99. The lowest BCUT2D eigenvalue weighted by Gasteiger charge is -2.35. The van der Waals surface area contributed by atoms with Gasteiger partial charge in [-0.3, -0.25) is 0 Å². The molecule has 1 aliphatic carbocycles. The molecule has 2 heterocycles. The van der Waals surface area contributed by atoms with E-state index in [0.717, 1.165) is 44.8 Å². The summed E-state index contributed by atoms with van der Waals surface area (Å²) in [7, 11) is 1.75. The molecule has 0 spiro atoms. The van der Waals surface area contributed by atoms with Crippen LogP contribution in [-0.2, 0) is 21.5 Å². The summed E-state index contributed by atoms with van der Waals surface area (Å²) in [6.45, 7) is 4.64. The molecule has 1 saturated heterocycles. The van der Waals surface area contributed by atoms with Gasteiger partial charge in [-0.05, 0) is 31.6 Å². The molecule has 2 aliphatic rings. The third-order valence-electron chi connectivity index (χ3n) is 4.77. The van der Waals surface area contributed by atoms with Crippen LogP contribution in [-0.4, -0.2) is 43.1 Å². The first-order valence-electron chi connectivity index (χ1n) is 7.91. The molecule has 1 aromatic heterocycles. The van der Waals surface area contributed by atoms with Gasteiger partial charge >= 0.3 is 0 Å². The fourth-order valence-electron chi connectivity index (χ4n) is 3.23. The maximum atomic E-state index is 5.79. The molecule has 0 amide bonds. The second-order valence-corrected chi connectivity index (χ2v) is 6.32. The van der Waals surface area contributed by atoms with Crippen LogP contribution in [0.25, 0.3) is 0 Å². The van der Waals surface area contributed by atoms with Gasteiger partial charge in [-0.25, -0.2) is 0 Å². The highest BCUT2D eigenvalue weighted by Gasteiger charge is 2.40. The molecule has 21 heavy (non-hydrogen) atoms. The average molecular weight is 295 g/mol. The molecule has 1 atom stereocenters. The zero-order valence-corrected chi connectivity index (χ0v) is 12.9. The van der Waals surface area contributed by atoms with Crippen LogP contribution in [0.15, 0.2) is 4.52 Å². The molecular formula is C15H25N3O3. The highest BCUT2D eigenvalue weighted by molar-refractivity contribution is 5.04. The third kappa shape index (κ3) is 3.27. The van der Waals surface area contributed by atoms with Gasteiger partial charge in [0.15, 0.2) is 0 Å². The molecule has 6 nitrogen and oxygen atoms in total. The van der Waals surface area contributed by atoms with Crippen LogP contribution in [0.2, 0.25) is 0 Å². The highest BCUT2D eigenvalue weighted by atomic mass is 16.5. The van der Waals surface area contributed by atoms with Crippen molar-refractivity contribution >= 4 is 0 Å². The van der Waals surface area contributed by atoms with E-state index >= 15 is 0 Å². The molecule has 0 bridgehead atoms. The summed E-state index contributed by atoms with van der Waals surface area (Å²) in [6.07, 6.45) is 4.94. The number of nitrogens with one attached hydrogen (secondary N) is 1. The molecule has 1 saturated carbocycles. The minimum Gasteiger partial charge on any atom is -0.378 e. The number of hydrogen-bond acceptors (Lipinski definition) is 6. The van der Waals surface area contributed by atoms with Crippen molar-refractivity contribution < 1.29 is 14.0 Å². The molecule has 1 aromatic rings. The van der Waals surface area contributed by atoms with Gasteiger partial charge < -0.3 is 19.3 Å². The predicted octanol–water partition coefficient (Wildman–Crippen LogP) is 1.65. The first-order chi connectivity index (χ1) is 10.2. The normalized spacial score (nSPS) is 34.0. The number of nitrogens with zero attached hydrogens (tertiary/aromatic N) is 2. The second kappa shape index (κ2) is 6.42. The van der Waals surface area contributed by atoms with Gasteiger partial charge in [0.2, 0.25) is 11.7 Å². The van der Waals surface area contributed by atoms with Crippen molar-refractivity contribution in [2.75, 3.05) is 26.9 Å². The summed E-state index contributed by atoms with van der Waals surface area (Å²) >= 11 is 0. The number of methoxy groups -OCH3 is 1. The fraction of sp³-hybridized carbons (Fsp3) is 0.867. The first-order valence-corrected chi connectivity index (χ1v) is 7.91. The van der Waals surface area contributed by atoms with Crippen LogP contribution in [0, 0.1) is 5.92 Å². The van der Waals surface area contributed by atoms with Crippen molar-refractivity contribution in [2.24, 2.45) is 5.92 Å². The predicted molar refractivity (Wildman–Crippen MR) is 76.9 cm³/mol. The Balaban J connectivity index is 1.68. The quantitative estimate of drug-likeness (QED) is 0.911. The number of morpholine rings is 1. The van der Waals surface area contributed by atoms with Crippen LogP contribution in [0.5, 0.6) is 0 Å². The van der Waals surface area contributed by atoms with Crippen LogP contribution in [0.4, 0.5) is 0 Å². The largest absolute Gasteiger partial charge is 0.378 e. The van der Waals surface area contributed by atoms with Crippen molar-refractivity contribution in [2.45, 2.75) is 50.7 Å². The van der Waals surface area contributed by atoms with Gasteiger partial charge in [-0.15, -0.1) is 0 Å². The third-order valence-corrected chi connectivity index (χ3v) is 4.77. The molecule has 1 unspecified atom stereocenters. The zero-order valence-electron chi connectivity index (χ0n) is 12.9. The van der Waals surface area contributed by atoms with E-state index in [-0.39, 0.29) is 11.6 Å². The van der Waals surface area contributed by atoms with E-state index in [9.17, 15) is 0 Å². The van der Waals surface area contributed by atoms with Gasteiger partial charge in [0.05, 0.1) is 13.2 Å². The van der Waals surface area contributed by atoms with E-state index in [1.54, 1.807) is 7.11 Å². The van der Waals surface area contributed by atoms with Crippen LogP contribution >= 0.6 is 0 Å². The number of ether oxygens (including phenoxy) is 2. The van der Waals surface area contributed by atoms with E-state index in [0.29, 0.717) is 24.7 Å². The summed E-state index contributed by atoms with van der Waals surface area (Å²) in [5.41, 5.74) is -0.356. The molecule has 118 valence electrons. The number of rotatable bonds is 4. The van der Waals surface area contributed by atoms with Crippen molar-refractivity contribution in [3.63, 3.8) is 0 Å². The van der Waals surface area contributed by atoms with Crippen LogP contribution in [0.1, 0.15) is 44.3 Å². The fourth-order valence-corrected chi connectivity index (χ4v) is 3.23. The lowest BCUT2D eigenvalue weighted by molar-refractivity contribution is -0.0609. The van der Waals surface area contributed by atoms with Crippen LogP contribution in [0.3, 0.4) is 0 Å². The monoisotopic (exact) mass is 295 g/mol. The number of aromatic nitrogens is 2. The van der Waals surface area contributed by atoms with E-state index in [4.69, 9.17) is 14.0 Å². The van der Waals surface area contributed by atoms with E-state index in [1.807, 2.05) is 0 Å². The van der Waals surface area contributed by atoms with Crippen LogP contribution < -0.4 is 5.32 Å². The molecule has 1 N–H and O–H groups in total. The first kappa shape index (κ1) is 14.9. The van der Waals surface area contributed by atoms with E-state index in [1.165, 1.54) is 0 Å². The molecule has 3 rings (SSSR count). The Morgan fingerprint density at radius 2 is 2.19 bits per heavy atom. The Labute approximate surface area is 125 Å². The minimum atomic E-state index is -0.356. The van der Waals surface area contributed by atoms with E-state index < -0.39 is 0 Å². The highest BCUT2D eigenvalue weighted by Crippen LogP contribution is 2.40. The van der Waals surface area contributed by atoms with Gasteiger partial charge in [0, 0.05) is 26.1 Å². The lowest BCUT2D eigenvalue weighted by atomic mass is 9.79. The Hall–Kier alpha value is -0.980. The van der Waals surface area contributed by atoms with Gasteiger partial charge in [-0.2, -0.15) is 4.98 Å². The Kier molecular flexibility index (Phi) is 4.57. The smallest absolute Gasteiger partial charge is 0.228 e. The molecule has 0 radical (unpaired) electrons. The summed E-state index contributed by atoms with van der Waals surface area (Å²) in [4.78, 5) is 4.60. The minimum absolute atomic E-state index is 0.261. The van der Waals surface area contributed by atoms with Crippen molar-refractivity contribution in [3.8, 4) is 0 Å². The standard InChI is InChI=1S/C15H25N3O3/c1-11-3-5-15(19-2,6-4-11)14-17-13(21-18-14)9-12-10-20-8-7-16-12/h11-12,16H,3-10H2,1-2H3. The van der Waals surface area contributed by atoms with Crippen molar-refractivity contribution in [1.29, 1.82) is 0 Å².